The van der Waals surface area contributed by atoms with Crippen molar-refractivity contribution in [3.05, 3.63) is 67.3 Å². The zero-order valence-corrected chi connectivity index (χ0v) is 15.7. The molecule has 0 atom stereocenters. The summed E-state index contributed by atoms with van der Waals surface area (Å²) in [5.41, 5.74) is 1.63. The van der Waals surface area contributed by atoms with Crippen LogP contribution in [0.4, 0.5) is 0 Å². The number of likely N-dealkylation sites (N-methyl/N-ethyl adjacent to an activating group) is 1. The van der Waals surface area contributed by atoms with Crippen LogP contribution >= 0.6 is 0 Å². The molecular weight excluding hydrogens is 312 g/mol. The minimum Gasteiger partial charge on any atom is -0.461 e. The molecule has 0 aliphatic heterocycles. The van der Waals surface area contributed by atoms with E-state index in [4.69, 9.17) is 10.00 Å². The van der Waals surface area contributed by atoms with Gasteiger partial charge in [-0.2, -0.15) is 5.26 Å². The monoisotopic (exact) mass is 342 g/mol. The second kappa shape index (κ2) is 17.7. The molecule has 0 spiro atoms. The van der Waals surface area contributed by atoms with Gasteiger partial charge >= 0.3 is 5.97 Å². The van der Waals surface area contributed by atoms with E-state index in [1.165, 1.54) is 11.6 Å². The number of esters is 1. The molecule has 0 bridgehead atoms. The van der Waals surface area contributed by atoms with Crippen LogP contribution in [0.5, 0.6) is 0 Å². The SMILES string of the molecule is C=C(C)C(=O)OCCN(CC)CC.C=CC#N.C=Cc1ccccc1. The van der Waals surface area contributed by atoms with E-state index in [0.29, 0.717) is 12.2 Å². The highest BCUT2D eigenvalue weighted by atomic mass is 16.5. The Morgan fingerprint density at radius 1 is 1.24 bits per heavy atom. The number of benzene rings is 1. The van der Waals surface area contributed by atoms with Crippen LogP contribution in [-0.2, 0) is 9.53 Å². The van der Waals surface area contributed by atoms with Gasteiger partial charge in [0.1, 0.15) is 6.61 Å². The minimum atomic E-state index is -0.299. The van der Waals surface area contributed by atoms with Crippen LogP contribution in [0.3, 0.4) is 0 Å². The van der Waals surface area contributed by atoms with Gasteiger partial charge in [-0.05, 0) is 25.6 Å². The minimum absolute atomic E-state index is 0.299. The zero-order valence-electron chi connectivity index (χ0n) is 15.7. The van der Waals surface area contributed by atoms with Crippen LogP contribution in [0, 0.1) is 11.3 Å². The predicted molar refractivity (Wildman–Crippen MR) is 106 cm³/mol. The van der Waals surface area contributed by atoms with Gasteiger partial charge in [0.05, 0.1) is 6.07 Å². The first-order chi connectivity index (χ1) is 12.0. The lowest BCUT2D eigenvalue weighted by molar-refractivity contribution is -0.139. The fraction of sp³-hybridized carbons (Fsp3) is 0.333. The normalized spacial score (nSPS) is 8.60. The molecule has 4 nitrogen and oxygen atoms in total. The van der Waals surface area contributed by atoms with E-state index in [-0.39, 0.29) is 5.97 Å². The van der Waals surface area contributed by atoms with Gasteiger partial charge in [0.15, 0.2) is 0 Å². The standard InChI is InChI=1S/C10H19NO2.C8H8.C3H3N/c1-5-11(6-2)7-8-13-10(12)9(3)4;1-2-8-6-4-3-5-7-8;1-2-3-4/h3,5-8H2,1-2,4H3;2-7H,1H2;2H,1H2. The third-order valence-corrected chi connectivity index (χ3v) is 3.01. The first-order valence-corrected chi connectivity index (χ1v) is 8.19. The lowest BCUT2D eigenvalue weighted by Gasteiger charge is -2.17. The van der Waals surface area contributed by atoms with Crippen LogP contribution in [0.15, 0.2) is 61.7 Å². The summed E-state index contributed by atoms with van der Waals surface area (Å²) in [6, 6.07) is 11.7. The second-order valence-electron chi connectivity index (χ2n) is 4.89. The molecule has 0 heterocycles. The Kier molecular flexibility index (Phi) is 17.4. The Morgan fingerprint density at radius 3 is 2.08 bits per heavy atom. The summed E-state index contributed by atoms with van der Waals surface area (Å²) in [7, 11) is 0. The van der Waals surface area contributed by atoms with Crippen molar-refractivity contribution in [3.8, 4) is 6.07 Å². The molecule has 136 valence electrons. The fourth-order valence-electron chi connectivity index (χ4n) is 1.52. The summed E-state index contributed by atoms with van der Waals surface area (Å²) in [4.78, 5) is 13.2. The molecule has 1 aromatic rings. The summed E-state index contributed by atoms with van der Waals surface area (Å²) in [5.74, 6) is -0.299. The van der Waals surface area contributed by atoms with Crippen LogP contribution in [-0.4, -0.2) is 37.1 Å². The second-order valence-corrected chi connectivity index (χ2v) is 4.89. The molecule has 4 heteroatoms. The van der Waals surface area contributed by atoms with E-state index in [9.17, 15) is 4.79 Å². The van der Waals surface area contributed by atoms with Crippen molar-refractivity contribution in [2.24, 2.45) is 0 Å². The number of allylic oxidation sites excluding steroid dienone is 1. The summed E-state index contributed by atoms with van der Waals surface area (Å²) in [6.45, 7) is 19.3. The highest BCUT2D eigenvalue weighted by molar-refractivity contribution is 5.86. The Labute approximate surface area is 152 Å². The Bertz CT molecular complexity index is 541. The molecule has 0 aliphatic rings. The van der Waals surface area contributed by atoms with E-state index < -0.39 is 0 Å². The molecule has 25 heavy (non-hydrogen) atoms. The van der Waals surface area contributed by atoms with E-state index in [0.717, 1.165) is 19.6 Å². The van der Waals surface area contributed by atoms with Crippen molar-refractivity contribution in [2.45, 2.75) is 20.8 Å². The highest BCUT2D eigenvalue weighted by Crippen LogP contribution is 1.97. The number of hydrogen-bond donors (Lipinski definition) is 0. The summed E-state index contributed by atoms with van der Waals surface area (Å²) in [5, 5.41) is 7.51. The highest BCUT2D eigenvalue weighted by Gasteiger charge is 2.04. The molecular formula is C21H30N2O2. The molecule has 0 unspecified atom stereocenters. The van der Waals surface area contributed by atoms with Gasteiger partial charge in [0.25, 0.3) is 0 Å². The number of carbonyl (C=O) groups is 1. The van der Waals surface area contributed by atoms with Crippen molar-refractivity contribution < 1.29 is 9.53 Å². The molecule has 0 aromatic heterocycles. The lowest BCUT2D eigenvalue weighted by Crippen LogP contribution is -2.27. The first kappa shape index (κ1) is 24.6. The van der Waals surface area contributed by atoms with Crippen LogP contribution in [0.1, 0.15) is 26.3 Å². The maximum atomic E-state index is 11.0. The quantitative estimate of drug-likeness (QED) is 0.417. The number of nitrogens with zero attached hydrogens (tertiary/aromatic N) is 2. The topological polar surface area (TPSA) is 53.3 Å². The molecule has 1 rings (SSSR count). The van der Waals surface area contributed by atoms with Crippen molar-refractivity contribution in [1.29, 1.82) is 5.26 Å². The van der Waals surface area contributed by atoms with Crippen molar-refractivity contribution in [3.63, 3.8) is 0 Å². The van der Waals surface area contributed by atoms with Gasteiger partial charge in [-0.1, -0.05) is 70.0 Å². The molecule has 0 fully saturated rings. The summed E-state index contributed by atoms with van der Waals surface area (Å²) in [6.07, 6.45) is 3.01. The number of ether oxygens (including phenoxy) is 1. The molecule has 0 radical (unpaired) electrons. The molecule has 0 N–H and O–H groups in total. The van der Waals surface area contributed by atoms with Crippen LogP contribution in [0.2, 0.25) is 0 Å². The maximum Gasteiger partial charge on any atom is 0.333 e. The van der Waals surface area contributed by atoms with E-state index in [2.05, 4.69) is 38.5 Å². The summed E-state index contributed by atoms with van der Waals surface area (Å²) < 4.78 is 4.96. The number of carbonyl (C=O) groups excluding carboxylic acids is 1. The van der Waals surface area contributed by atoms with E-state index in [1.807, 2.05) is 36.4 Å². The van der Waals surface area contributed by atoms with Gasteiger partial charge in [-0.25, -0.2) is 4.79 Å². The van der Waals surface area contributed by atoms with Crippen molar-refractivity contribution in [2.75, 3.05) is 26.2 Å². The predicted octanol–water partition coefficient (Wildman–Crippen LogP) is 4.47. The molecule has 0 amide bonds. The number of hydrogen-bond acceptors (Lipinski definition) is 4. The van der Waals surface area contributed by atoms with Gasteiger partial charge < -0.3 is 9.64 Å². The van der Waals surface area contributed by atoms with Crippen molar-refractivity contribution in [1.82, 2.24) is 4.90 Å². The maximum absolute atomic E-state index is 11.0. The Morgan fingerprint density at radius 2 is 1.76 bits per heavy atom. The van der Waals surface area contributed by atoms with Crippen molar-refractivity contribution >= 4 is 12.0 Å². The average molecular weight is 342 g/mol. The third-order valence-electron chi connectivity index (χ3n) is 3.01. The first-order valence-electron chi connectivity index (χ1n) is 8.19. The van der Waals surface area contributed by atoms with Gasteiger partial charge in [0.2, 0.25) is 0 Å². The Hall–Kier alpha value is -2.64. The smallest absolute Gasteiger partial charge is 0.333 e. The number of nitriles is 1. The molecule has 0 saturated heterocycles. The fourth-order valence-corrected chi connectivity index (χ4v) is 1.52. The van der Waals surface area contributed by atoms with Crippen LogP contribution < -0.4 is 0 Å². The van der Waals surface area contributed by atoms with Gasteiger partial charge in [-0.3, -0.25) is 0 Å². The van der Waals surface area contributed by atoms with Crippen LogP contribution in [0.25, 0.3) is 6.08 Å². The molecule has 1 aromatic carbocycles. The average Bonchev–Trinajstić information content (AvgIpc) is 2.66. The van der Waals surface area contributed by atoms with Gasteiger partial charge in [0, 0.05) is 18.2 Å². The van der Waals surface area contributed by atoms with E-state index >= 15 is 0 Å². The third kappa shape index (κ3) is 16.0. The molecule has 0 aliphatic carbocycles. The summed E-state index contributed by atoms with van der Waals surface area (Å²) >= 11 is 0. The van der Waals surface area contributed by atoms with E-state index in [1.54, 1.807) is 13.0 Å². The lowest BCUT2D eigenvalue weighted by atomic mass is 10.2. The zero-order chi connectivity index (χ0) is 19.5. The largest absolute Gasteiger partial charge is 0.461 e. The molecule has 0 saturated carbocycles. The Balaban J connectivity index is 0. The van der Waals surface area contributed by atoms with Gasteiger partial charge in [-0.15, -0.1) is 0 Å². The number of rotatable bonds is 7.